The van der Waals surface area contributed by atoms with Crippen LogP contribution in [0, 0.1) is 6.92 Å². The highest BCUT2D eigenvalue weighted by Crippen LogP contribution is 2.30. The summed E-state index contributed by atoms with van der Waals surface area (Å²) in [5.74, 6) is 0.708. The summed E-state index contributed by atoms with van der Waals surface area (Å²) in [6.45, 7) is 1.95. The molecule has 3 rings (SSSR count). The van der Waals surface area contributed by atoms with Crippen LogP contribution in [0.5, 0.6) is 5.75 Å². The number of benzene rings is 2. The second-order valence-corrected chi connectivity index (χ2v) is 6.57. The topological polar surface area (TPSA) is 51.2 Å². The smallest absolute Gasteiger partial charge is 0.230 e. The third-order valence-electron chi connectivity index (χ3n) is 3.44. The van der Waals surface area contributed by atoms with Crippen LogP contribution in [0.15, 0.2) is 36.4 Å². The van der Waals surface area contributed by atoms with E-state index in [9.17, 15) is 4.79 Å². The first kappa shape index (κ1) is 15.8. The molecule has 1 heterocycles. The predicted octanol–water partition coefficient (Wildman–Crippen LogP) is 4.45. The summed E-state index contributed by atoms with van der Waals surface area (Å²) in [5.41, 5.74) is 2.65. The summed E-state index contributed by atoms with van der Waals surface area (Å²) in [6.07, 6.45) is 0.286. The molecule has 0 fully saturated rings. The summed E-state index contributed by atoms with van der Waals surface area (Å²) in [5, 5.41) is 3.98. The van der Waals surface area contributed by atoms with Gasteiger partial charge in [0.25, 0.3) is 0 Å². The Morgan fingerprint density at radius 2 is 2.17 bits per heavy atom. The van der Waals surface area contributed by atoms with Crippen LogP contribution < -0.4 is 10.1 Å². The predicted molar refractivity (Wildman–Crippen MR) is 94.7 cm³/mol. The molecular weight excluding hydrogens is 332 g/mol. The Morgan fingerprint density at radius 3 is 2.87 bits per heavy atom. The molecule has 118 valence electrons. The number of fused-ring (bicyclic) bond motifs is 1. The number of halogens is 1. The minimum absolute atomic E-state index is 0.107. The van der Waals surface area contributed by atoms with Gasteiger partial charge < -0.3 is 10.1 Å². The molecule has 0 atom stereocenters. The van der Waals surface area contributed by atoms with Gasteiger partial charge in [-0.3, -0.25) is 4.79 Å². The van der Waals surface area contributed by atoms with Gasteiger partial charge in [-0.2, -0.15) is 0 Å². The normalized spacial score (nSPS) is 10.7. The lowest BCUT2D eigenvalue weighted by Gasteiger charge is -2.07. The quantitative estimate of drug-likeness (QED) is 0.759. The van der Waals surface area contributed by atoms with E-state index < -0.39 is 0 Å². The number of nitrogens with one attached hydrogen (secondary N) is 1. The fourth-order valence-electron chi connectivity index (χ4n) is 2.37. The molecule has 3 aromatic rings. The van der Waals surface area contributed by atoms with Crippen molar-refractivity contribution in [3.8, 4) is 5.75 Å². The van der Waals surface area contributed by atoms with E-state index in [1.165, 1.54) is 11.3 Å². The lowest BCUT2D eigenvalue weighted by Crippen LogP contribution is -2.14. The van der Waals surface area contributed by atoms with Crippen LogP contribution >= 0.6 is 22.9 Å². The van der Waals surface area contributed by atoms with Crippen molar-refractivity contribution >= 4 is 44.2 Å². The summed E-state index contributed by atoms with van der Waals surface area (Å²) in [4.78, 5) is 16.6. The molecule has 4 nitrogen and oxygen atoms in total. The molecule has 6 heteroatoms. The second-order valence-electron chi connectivity index (χ2n) is 5.13. The van der Waals surface area contributed by atoms with Gasteiger partial charge in [-0.25, -0.2) is 4.98 Å². The van der Waals surface area contributed by atoms with Crippen molar-refractivity contribution < 1.29 is 9.53 Å². The number of anilines is 1. The number of aryl methyl sites for hydroxylation is 1. The van der Waals surface area contributed by atoms with Gasteiger partial charge in [-0.05, 0) is 36.2 Å². The number of hydrogen-bond donors (Lipinski definition) is 1. The largest absolute Gasteiger partial charge is 0.496 e. The van der Waals surface area contributed by atoms with Crippen molar-refractivity contribution in [1.29, 1.82) is 0 Å². The second kappa shape index (κ2) is 6.56. The minimum Gasteiger partial charge on any atom is -0.496 e. The molecule has 0 saturated carbocycles. The van der Waals surface area contributed by atoms with E-state index in [1.54, 1.807) is 13.2 Å². The van der Waals surface area contributed by atoms with Crippen molar-refractivity contribution in [2.75, 3.05) is 12.4 Å². The number of carbonyl (C=O) groups is 1. The third-order valence-corrected chi connectivity index (χ3v) is 4.68. The Morgan fingerprint density at radius 1 is 1.35 bits per heavy atom. The van der Waals surface area contributed by atoms with Crippen LogP contribution in [0.25, 0.3) is 10.2 Å². The maximum Gasteiger partial charge on any atom is 0.230 e. The van der Waals surface area contributed by atoms with E-state index in [-0.39, 0.29) is 12.3 Å². The van der Waals surface area contributed by atoms with Crippen molar-refractivity contribution in [2.45, 2.75) is 13.3 Å². The molecule has 2 aromatic carbocycles. The number of hydrogen-bond acceptors (Lipinski definition) is 4. The molecule has 0 aliphatic carbocycles. The summed E-state index contributed by atoms with van der Waals surface area (Å²) < 4.78 is 6.18. The summed E-state index contributed by atoms with van der Waals surface area (Å²) in [6, 6.07) is 11.3. The molecule has 23 heavy (non-hydrogen) atoms. The van der Waals surface area contributed by atoms with E-state index in [0.29, 0.717) is 10.2 Å². The van der Waals surface area contributed by atoms with Gasteiger partial charge in [-0.1, -0.05) is 41.1 Å². The number of para-hydroxylation sites is 1. The van der Waals surface area contributed by atoms with Crippen LogP contribution in [0.4, 0.5) is 5.13 Å². The van der Waals surface area contributed by atoms with Gasteiger partial charge in [0, 0.05) is 0 Å². The van der Waals surface area contributed by atoms with Crippen molar-refractivity contribution in [1.82, 2.24) is 4.98 Å². The first-order valence-corrected chi connectivity index (χ1v) is 8.24. The highest BCUT2D eigenvalue weighted by Gasteiger charge is 2.11. The third kappa shape index (κ3) is 3.46. The van der Waals surface area contributed by atoms with Crippen molar-refractivity contribution in [3.63, 3.8) is 0 Å². The number of carbonyl (C=O) groups excluding carboxylic acids is 1. The van der Waals surface area contributed by atoms with Crippen LogP contribution in [-0.2, 0) is 11.2 Å². The lowest BCUT2D eigenvalue weighted by molar-refractivity contribution is -0.115. The number of aromatic nitrogens is 1. The SMILES string of the molecule is COc1ccc(CC(=O)Nc2nc3c(Cl)cccc3s2)cc1C. The average Bonchev–Trinajstić information content (AvgIpc) is 2.91. The molecule has 0 radical (unpaired) electrons. The van der Waals surface area contributed by atoms with Crippen molar-refractivity contribution in [2.24, 2.45) is 0 Å². The van der Waals surface area contributed by atoms with Gasteiger partial charge in [0.05, 0.1) is 23.3 Å². The van der Waals surface area contributed by atoms with Crippen LogP contribution in [0.3, 0.4) is 0 Å². The zero-order valence-corrected chi connectivity index (χ0v) is 14.3. The molecule has 0 unspecified atom stereocenters. The Kier molecular flexibility index (Phi) is 4.50. The van der Waals surface area contributed by atoms with E-state index in [0.717, 1.165) is 27.1 Å². The van der Waals surface area contributed by atoms with Gasteiger partial charge >= 0.3 is 0 Å². The number of methoxy groups -OCH3 is 1. The fourth-order valence-corrected chi connectivity index (χ4v) is 3.55. The molecule has 1 N–H and O–H groups in total. The maximum absolute atomic E-state index is 12.2. The molecule has 1 amide bonds. The van der Waals surface area contributed by atoms with Gasteiger partial charge in [0.15, 0.2) is 5.13 Å². The Balaban J connectivity index is 1.73. The lowest BCUT2D eigenvalue weighted by atomic mass is 10.1. The molecule has 0 aliphatic rings. The first-order valence-electron chi connectivity index (χ1n) is 7.05. The summed E-state index contributed by atoms with van der Waals surface area (Å²) in [7, 11) is 1.63. The molecule has 1 aromatic heterocycles. The number of amides is 1. The highest BCUT2D eigenvalue weighted by molar-refractivity contribution is 7.22. The van der Waals surface area contributed by atoms with Crippen LogP contribution in [0.1, 0.15) is 11.1 Å². The molecule has 0 spiro atoms. The van der Waals surface area contributed by atoms with Gasteiger partial charge in [0.2, 0.25) is 5.91 Å². The first-order chi connectivity index (χ1) is 11.1. The number of rotatable bonds is 4. The van der Waals surface area contributed by atoms with E-state index in [2.05, 4.69) is 10.3 Å². The minimum atomic E-state index is -0.107. The molecule has 0 bridgehead atoms. The van der Waals surface area contributed by atoms with Crippen LogP contribution in [0.2, 0.25) is 5.02 Å². The zero-order valence-electron chi connectivity index (χ0n) is 12.7. The number of nitrogens with zero attached hydrogens (tertiary/aromatic N) is 1. The van der Waals surface area contributed by atoms with Gasteiger partial charge in [0.1, 0.15) is 11.3 Å². The zero-order chi connectivity index (χ0) is 16.4. The highest BCUT2D eigenvalue weighted by atomic mass is 35.5. The van der Waals surface area contributed by atoms with Gasteiger partial charge in [-0.15, -0.1) is 0 Å². The number of ether oxygens (including phenoxy) is 1. The maximum atomic E-state index is 12.2. The Hall–Kier alpha value is -2.11. The molecule has 0 aliphatic heterocycles. The monoisotopic (exact) mass is 346 g/mol. The number of thiazole rings is 1. The van der Waals surface area contributed by atoms with E-state index in [4.69, 9.17) is 16.3 Å². The standard InChI is InChI=1S/C17H15ClN2O2S/c1-10-8-11(6-7-13(10)22-2)9-15(21)19-17-20-16-12(18)4-3-5-14(16)23-17/h3-8H,9H2,1-2H3,(H,19,20,21). The average molecular weight is 347 g/mol. The summed E-state index contributed by atoms with van der Waals surface area (Å²) >= 11 is 7.51. The van der Waals surface area contributed by atoms with Crippen molar-refractivity contribution in [3.05, 3.63) is 52.5 Å². The Labute approximate surface area is 143 Å². The van der Waals surface area contributed by atoms with E-state index >= 15 is 0 Å². The fraction of sp³-hybridized carbons (Fsp3) is 0.176. The van der Waals surface area contributed by atoms with E-state index in [1.807, 2.05) is 37.3 Å². The molecular formula is C17H15ClN2O2S. The molecule has 0 saturated heterocycles. The Bertz CT molecular complexity index is 876. The van der Waals surface area contributed by atoms with Crippen LogP contribution in [-0.4, -0.2) is 18.0 Å².